The van der Waals surface area contributed by atoms with Gasteiger partial charge in [-0.3, -0.25) is 4.79 Å². The minimum atomic E-state index is 0.0190. The van der Waals surface area contributed by atoms with Crippen molar-refractivity contribution in [1.29, 1.82) is 0 Å². The number of methoxy groups -OCH3 is 1. The molecule has 0 aliphatic heterocycles. The third kappa shape index (κ3) is 5.32. The van der Waals surface area contributed by atoms with Gasteiger partial charge in [-0.2, -0.15) is 0 Å². The monoisotopic (exact) mass is 342 g/mol. The van der Waals surface area contributed by atoms with Gasteiger partial charge < -0.3 is 19.4 Å². The lowest BCUT2D eigenvalue weighted by atomic mass is 10.4. The number of amides is 1. The maximum atomic E-state index is 12.0. The molecule has 0 saturated carbocycles. The molecule has 0 bridgehead atoms. The molecule has 2 aromatic rings. The lowest BCUT2D eigenvalue weighted by Crippen LogP contribution is -2.27. The van der Waals surface area contributed by atoms with Crippen LogP contribution in [0.1, 0.15) is 5.76 Å². The predicted molar refractivity (Wildman–Crippen MR) is 86.2 cm³/mol. The fourth-order valence-corrected chi connectivity index (χ4v) is 3.28. The Balaban J connectivity index is 1.73. The van der Waals surface area contributed by atoms with E-state index in [0.717, 1.165) is 15.2 Å². The van der Waals surface area contributed by atoms with Gasteiger partial charge in [0.15, 0.2) is 4.34 Å². The summed E-state index contributed by atoms with van der Waals surface area (Å²) in [5.41, 5.74) is 0. The van der Waals surface area contributed by atoms with Crippen LogP contribution in [0.3, 0.4) is 0 Å². The van der Waals surface area contributed by atoms with Gasteiger partial charge in [-0.1, -0.05) is 23.1 Å². The van der Waals surface area contributed by atoms with E-state index in [1.165, 1.54) is 23.1 Å². The lowest BCUT2D eigenvalue weighted by molar-refractivity contribution is -0.127. The largest absolute Gasteiger partial charge is 0.467 e. The van der Waals surface area contributed by atoms with Crippen LogP contribution in [0.15, 0.2) is 27.2 Å². The van der Waals surface area contributed by atoms with Crippen molar-refractivity contribution in [2.75, 3.05) is 38.4 Å². The van der Waals surface area contributed by atoms with Gasteiger partial charge in [0, 0.05) is 20.7 Å². The molecule has 0 aliphatic rings. The van der Waals surface area contributed by atoms with Crippen molar-refractivity contribution < 1.29 is 13.9 Å². The zero-order chi connectivity index (χ0) is 15.8. The first-order chi connectivity index (χ1) is 10.7. The Labute approximate surface area is 137 Å². The average Bonchev–Trinajstić information content (AvgIpc) is 3.17. The molecule has 7 nitrogen and oxygen atoms in total. The van der Waals surface area contributed by atoms with Crippen molar-refractivity contribution in [2.24, 2.45) is 0 Å². The van der Waals surface area contributed by atoms with Crippen LogP contribution in [0.4, 0.5) is 5.13 Å². The summed E-state index contributed by atoms with van der Waals surface area (Å²) in [6.45, 7) is 1.76. The van der Waals surface area contributed by atoms with Crippen molar-refractivity contribution in [3.63, 3.8) is 0 Å². The summed E-state index contributed by atoms with van der Waals surface area (Å²) < 4.78 is 10.9. The molecular weight excluding hydrogens is 324 g/mol. The van der Waals surface area contributed by atoms with Gasteiger partial charge >= 0.3 is 0 Å². The Morgan fingerprint density at radius 2 is 2.41 bits per heavy atom. The number of hydrogen-bond acceptors (Lipinski definition) is 8. The number of ether oxygens (including phenoxy) is 1. The quantitative estimate of drug-likeness (QED) is 0.551. The summed E-state index contributed by atoms with van der Waals surface area (Å²) >= 11 is 2.81. The van der Waals surface area contributed by atoms with Crippen LogP contribution in [0.2, 0.25) is 0 Å². The lowest BCUT2D eigenvalue weighted by Gasteiger charge is -2.14. The molecule has 9 heteroatoms. The first-order valence-electron chi connectivity index (χ1n) is 6.64. The third-order valence-corrected chi connectivity index (χ3v) is 4.71. The van der Waals surface area contributed by atoms with E-state index in [4.69, 9.17) is 9.15 Å². The summed E-state index contributed by atoms with van der Waals surface area (Å²) in [6.07, 6.45) is 1.60. The molecule has 2 rings (SSSR count). The van der Waals surface area contributed by atoms with Gasteiger partial charge in [-0.25, -0.2) is 0 Å². The third-order valence-electron chi connectivity index (χ3n) is 2.71. The number of hydrogen-bond donors (Lipinski definition) is 1. The van der Waals surface area contributed by atoms with Gasteiger partial charge in [-0.15, -0.1) is 10.2 Å². The number of furan rings is 1. The number of carbonyl (C=O) groups is 1. The van der Waals surface area contributed by atoms with Crippen molar-refractivity contribution >= 4 is 34.1 Å². The number of rotatable bonds is 9. The summed E-state index contributed by atoms with van der Waals surface area (Å²) in [5.74, 6) is 1.11. The number of anilines is 1. The summed E-state index contributed by atoms with van der Waals surface area (Å²) in [7, 11) is 3.40. The molecule has 1 amide bonds. The Morgan fingerprint density at radius 3 is 3.14 bits per heavy atom. The van der Waals surface area contributed by atoms with E-state index in [0.29, 0.717) is 25.4 Å². The van der Waals surface area contributed by atoms with Crippen LogP contribution in [0.25, 0.3) is 0 Å². The van der Waals surface area contributed by atoms with E-state index >= 15 is 0 Å². The van der Waals surface area contributed by atoms with Gasteiger partial charge in [0.05, 0.1) is 25.2 Å². The molecule has 120 valence electrons. The van der Waals surface area contributed by atoms with Crippen molar-refractivity contribution in [1.82, 2.24) is 15.1 Å². The first-order valence-corrected chi connectivity index (χ1v) is 8.44. The van der Waals surface area contributed by atoms with E-state index in [1.54, 1.807) is 25.3 Å². The van der Waals surface area contributed by atoms with E-state index in [-0.39, 0.29) is 5.91 Å². The SMILES string of the molecule is COCCNc1nnc(SCC(=O)N(C)Cc2ccco2)s1. The summed E-state index contributed by atoms with van der Waals surface area (Å²) in [6, 6.07) is 3.65. The Hall–Kier alpha value is -1.58. The molecule has 1 N–H and O–H groups in total. The summed E-state index contributed by atoms with van der Waals surface area (Å²) in [5, 5.41) is 11.9. The highest BCUT2D eigenvalue weighted by molar-refractivity contribution is 8.01. The molecule has 2 heterocycles. The number of nitrogens with one attached hydrogen (secondary N) is 1. The number of carbonyl (C=O) groups excluding carboxylic acids is 1. The van der Waals surface area contributed by atoms with Crippen LogP contribution in [0.5, 0.6) is 0 Å². The minimum Gasteiger partial charge on any atom is -0.467 e. The normalized spacial score (nSPS) is 10.6. The van der Waals surface area contributed by atoms with Crippen molar-refractivity contribution in [2.45, 2.75) is 10.9 Å². The number of aromatic nitrogens is 2. The maximum Gasteiger partial charge on any atom is 0.233 e. The molecule has 0 fully saturated rings. The molecule has 0 spiro atoms. The maximum absolute atomic E-state index is 12.0. The molecule has 2 aromatic heterocycles. The zero-order valence-corrected chi connectivity index (χ0v) is 14.1. The van der Waals surface area contributed by atoms with E-state index < -0.39 is 0 Å². The fraction of sp³-hybridized carbons (Fsp3) is 0.462. The highest BCUT2D eigenvalue weighted by atomic mass is 32.2. The standard InChI is InChI=1S/C13H18N4O3S2/c1-17(8-10-4-3-6-20-10)11(18)9-21-13-16-15-12(22-13)14-5-7-19-2/h3-4,6H,5,7-9H2,1-2H3,(H,14,15). The van der Waals surface area contributed by atoms with Crippen LogP contribution in [-0.2, 0) is 16.1 Å². The molecule has 0 aliphatic carbocycles. The minimum absolute atomic E-state index is 0.0190. The topological polar surface area (TPSA) is 80.5 Å². The van der Waals surface area contributed by atoms with Gasteiger partial charge in [0.25, 0.3) is 0 Å². The van der Waals surface area contributed by atoms with E-state index in [1.807, 2.05) is 12.1 Å². The van der Waals surface area contributed by atoms with E-state index in [2.05, 4.69) is 15.5 Å². The molecule has 0 aromatic carbocycles. The molecule has 0 atom stereocenters. The second-order valence-electron chi connectivity index (χ2n) is 4.41. The number of thioether (sulfide) groups is 1. The number of nitrogens with zero attached hydrogens (tertiary/aromatic N) is 3. The summed E-state index contributed by atoms with van der Waals surface area (Å²) in [4.78, 5) is 13.7. The predicted octanol–water partition coefficient (Wildman–Crippen LogP) is 1.94. The van der Waals surface area contributed by atoms with Crippen LogP contribution in [0, 0.1) is 0 Å². The van der Waals surface area contributed by atoms with Crippen LogP contribution < -0.4 is 5.32 Å². The van der Waals surface area contributed by atoms with Gasteiger partial charge in [0.1, 0.15) is 5.76 Å². The second kappa shape index (κ2) is 8.76. The Morgan fingerprint density at radius 1 is 1.55 bits per heavy atom. The van der Waals surface area contributed by atoms with Crippen molar-refractivity contribution in [3.05, 3.63) is 24.2 Å². The smallest absolute Gasteiger partial charge is 0.233 e. The Bertz CT molecular complexity index is 574. The molecule has 0 unspecified atom stereocenters. The van der Waals surface area contributed by atoms with Crippen molar-refractivity contribution in [3.8, 4) is 0 Å². The fourth-order valence-electron chi connectivity index (χ4n) is 1.56. The highest BCUT2D eigenvalue weighted by Crippen LogP contribution is 2.25. The molecule has 22 heavy (non-hydrogen) atoms. The molecular formula is C13H18N4O3S2. The Kier molecular flexibility index (Phi) is 6.69. The molecule has 0 radical (unpaired) electrons. The second-order valence-corrected chi connectivity index (χ2v) is 6.61. The first kappa shape index (κ1) is 16.8. The van der Waals surface area contributed by atoms with Gasteiger partial charge in [-0.05, 0) is 12.1 Å². The molecule has 0 saturated heterocycles. The average molecular weight is 342 g/mol. The zero-order valence-electron chi connectivity index (χ0n) is 12.4. The van der Waals surface area contributed by atoms with E-state index in [9.17, 15) is 4.79 Å². The van der Waals surface area contributed by atoms with Crippen LogP contribution >= 0.6 is 23.1 Å². The highest BCUT2D eigenvalue weighted by Gasteiger charge is 2.13. The van der Waals surface area contributed by atoms with Gasteiger partial charge in [0.2, 0.25) is 11.0 Å². The van der Waals surface area contributed by atoms with Crippen LogP contribution in [-0.4, -0.2) is 54.1 Å².